The molecule has 1 heterocycles. The molecule has 11 atom stereocenters. The minimum absolute atomic E-state index is 0.0190. The summed E-state index contributed by atoms with van der Waals surface area (Å²) in [5.74, 6) is 1.98. The van der Waals surface area contributed by atoms with Gasteiger partial charge in [0.15, 0.2) is 0 Å². The highest BCUT2D eigenvalue weighted by atomic mass is 32.2. The Balaban J connectivity index is 0.892. The van der Waals surface area contributed by atoms with Crippen molar-refractivity contribution in [1.29, 1.82) is 5.26 Å². The molecule has 1 unspecified atom stereocenters. The van der Waals surface area contributed by atoms with E-state index in [-0.39, 0.29) is 50.9 Å². The minimum Gasteiger partial charge on any atom is -0.475 e. The molecule has 470 valence electrons. The number of fused-ring (bicyclic) bond motifs is 7. The molecule has 1 aromatic heterocycles. The lowest BCUT2D eigenvalue weighted by Gasteiger charge is -2.72. The monoisotopic (exact) mass is 1180 g/mol. The number of unbranched alkanes of at least 4 members (excludes halogenated alkanes) is 14. The summed E-state index contributed by atoms with van der Waals surface area (Å²) in [6.45, 7) is 24.5. The molecule has 1 aromatic rings. The zero-order valence-corrected chi connectivity index (χ0v) is 54.8. The fraction of sp³-hybridized carbons (Fsp3) is 0.806. The van der Waals surface area contributed by atoms with Gasteiger partial charge in [-0.3, -0.25) is 9.59 Å². The normalized spacial score (nSPS) is 34.7. The first kappa shape index (κ1) is 66.4. The molecule has 5 saturated carbocycles. The van der Waals surface area contributed by atoms with Crippen molar-refractivity contribution in [3.8, 4) is 11.9 Å². The highest BCUT2D eigenvalue weighted by molar-refractivity contribution is 7.91. The molecule has 5 fully saturated rings. The van der Waals surface area contributed by atoms with Crippen LogP contribution in [0.15, 0.2) is 53.8 Å². The molecule has 0 aliphatic heterocycles. The quantitative estimate of drug-likeness (QED) is 0.0339. The van der Waals surface area contributed by atoms with Crippen LogP contribution >= 0.6 is 0 Å². The largest absolute Gasteiger partial charge is 0.475 e. The predicted octanol–water partition coefficient (Wildman–Crippen LogP) is 16.8. The number of nitrogens with one attached hydrogen (secondary N) is 1. The Labute approximate surface area is 509 Å². The Morgan fingerprint density at radius 2 is 1.45 bits per heavy atom. The summed E-state index contributed by atoms with van der Waals surface area (Å²) in [4.78, 5) is 32.0. The number of hydrogen-bond acceptors (Lipinski definition) is 11. The Kier molecular flexibility index (Phi) is 22.1. The number of pyridine rings is 1. The average molecular weight is 1180 g/mol. The molecule has 0 bridgehead atoms. The van der Waals surface area contributed by atoms with Crippen molar-refractivity contribution in [2.45, 2.75) is 290 Å². The predicted molar refractivity (Wildman–Crippen MR) is 337 cm³/mol. The van der Waals surface area contributed by atoms with Crippen LogP contribution < -0.4 is 10.1 Å². The summed E-state index contributed by atoms with van der Waals surface area (Å²) in [5.41, 5.74) is 2.81. The zero-order chi connectivity index (χ0) is 60.6. The van der Waals surface area contributed by atoms with Gasteiger partial charge in [0.05, 0.1) is 10.9 Å². The number of ether oxygens (including phenoxy) is 3. The topological polar surface area (TPSA) is 165 Å². The maximum absolute atomic E-state index is 14.6. The molecule has 2 N–H and O–H groups in total. The van der Waals surface area contributed by atoms with Crippen LogP contribution in [0.25, 0.3) is 0 Å². The second-order valence-electron chi connectivity index (χ2n) is 29.9. The van der Waals surface area contributed by atoms with E-state index in [1.165, 1.54) is 132 Å². The smallest absolute Gasteiger partial charge is 0.318 e. The first-order valence-corrected chi connectivity index (χ1v) is 36.0. The van der Waals surface area contributed by atoms with E-state index in [9.17, 15) is 28.4 Å². The number of carbonyl (C=O) groups excluding carboxylic acids is 2. The molecule has 7 aliphatic carbocycles. The lowest BCUT2D eigenvalue weighted by Crippen LogP contribution is -2.68. The third-order valence-corrected chi connectivity index (χ3v) is 26.2. The number of sulfone groups is 1. The molecule has 8 rings (SSSR count). The van der Waals surface area contributed by atoms with Gasteiger partial charge in [0.25, 0.3) is 0 Å². The van der Waals surface area contributed by atoms with E-state index in [0.717, 1.165) is 51.5 Å². The number of hydrogen-bond donors (Lipinski definition) is 2. The van der Waals surface area contributed by atoms with Gasteiger partial charge in [-0.15, -0.1) is 0 Å². The number of aromatic nitrogens is 1. The van der Waals surface area contributed by atoms with Crippen LogP contribution in [0.2, 0.25) is 0 Å². The van der Waals surface area contributed by atoms with Gasteiger partial charge >= 0.3 is 11.9 Å². The Morgan fingerprint density at radius 1 is 0.798 bits per heavy atom. The Hall–Kier alpha value is -3.53. The molecule has 11 nitrogen and oxygen atoms in total. The third-order valence-electron chi connectivity index (χ3n) is 24.5. The summed E-state index contributed by atoms with van der Waals surface area (Å²) in [6.07, 6.45) is 40.7. The molecule has 12 heteroatoms. The molecule has 0 amide bonds. The average Bonchev–Trinajstić information content (AvgIpc) is 1.09. The number of esters is 2. The summed E-state index contributed by atoms with van der Waals surface area (Å²) < 4.78 is 42.7. The van der Waals surface area contributed by atoms with Gasteiger partial charge in [-0.2, -0.15) is 5.26 Å². The first-order valence-electron chi connectivity index (χ1n) is 34.0. The van der Waals surface area contributed by atoms with E-state index < -0.39 is 33.1 Å². The second kappa shape index (κ2) is 27.9. The molecule has 0 saturated heterocycles. The first-order chi connectivity index (χ1) is 39.9. The number of aliphatic hydroxyl groups is 1. The van der Waals surface area contributed by atoms with Gasteiger partial charge in [-0.25, -0.2) is 13.4 Å². The maximum atomic E-state index is 14.6. The minimum atomic E-state index is -3.10. The van der Waals surface area contributed by atoms with E-state index in [1.807, 2.05) is 0 Å². The van der Waals surface area contributed by atoms with Crippen LogP contribution in [0, 0.1) is 68.0 Å². The van der Waals surface area contributed by atoms with Gasteiger partial charge < -0.3 is 24.6 Å². The summed E-state index contributed by atoms with van der Waals surface area (Å²) in [7, 11) is -3.10. The van der Waals surface area contributed by atoms with E-state index in [0.29, 0.717) is 92.9 Å². The lowest BCUT2D eigenvalue weighted by atomic mass is 9.33. The van der Waals surface area contributed by atoms with Crippen LogP contribution in [-0.4, -0.2) is 72.5 Å². The van der Waals surface area contributed by atoms with Crippen LogP contribution in [0.3, 0.4) is 0 Å². The Morgan fingerprint density at radius 3 is 2.06 bits per heavy atom. The standard InChI is InChI=1S/C72H113N3O8S/c1-11-12-13-14-15-16-17-18-19-20-21-22-23-24-25-28-62(76)82-53(4)83-65(77)70(51-81-64-55(50-73)27-26-48-74-64)40-31-54(32-41-70)58-36-38-67(7)60(66(58,5)6)37-39-69(9)61(67)30-29-59-63-57(52(2)3)35-44-72(63,46-45-68(59,69)8)75-49-47-71(78)42-33-56(34-43-71)84(10,79)80/h26-27,31,36,48,53,56-57,59-61,63,75,78H,2,11-25,28-30,32-35,37-47,49,51H2,1,3-10H3/t53?,56?,57-,59+,60-,61+,63+,67-,68+,69+,70+,71?,72-/m0/s1. The van der Waals surface area contributed by atoms with Crippen molar-refractivity contribution in [3.63, 3.8) is 0 Å². The molecule has 0 aromatic carbocycles. The van der Waals surface area contributed by atoms with Crippen LogP contribution in [-0.2, 0) is 28.9 Å². The number of allylic oxidation sites excluding steroid dienone is 5. The van der Waals surface area contributed by atoms with Gasteiger partial charge in [0.2, 0.25) is 12.2 Å². The maximum Gasteiger partial charge on any atom is 0.318 e. The summed E-state index contributed by atoms with van der Waals surface area (Å²) in [6, 6.07) is 5.54. The molecule has 0 radical (unpaired) electrons. The zero-order valence-electron chi connectivity index (χ0n) is 54.0. The highest BCUT2D eigenvalue weighted by Gasteiger charge is 2.70. The second-order valence-corrected chi connectivity index (χ2v) is 32.3. The number of rotatable bonds is 29. The molecular formula is C72H113N3O8S. The van der Waals surface area contributed by atoms with Crippen LogP contribution in [0.4, 0.5) is 0 Å². The lowest BCUT2D eigenvalue weighted by molar-refractivity contribution is -0.221. The van der Waals surface area contributed by atoms with Crippen molar-refractivity contribution >= 4 is 21.8 Å². The number of nitrogens with zero attached hydrogens (tertiary/aromatic N) is 2. The van der Waals surface area contributed by atoms with Crippen molar-refractivity contribution in [2.24, 2.45) is 56.7 Å². The van der Waals surface area contributed by atoms with Crippen LogP contribution in [0.5, 0.6) is 5.88 Å². The molecule has 84 heavy (non-hydrogen) atoms. The van der Waals surface area contributed by atoms with Crippen molar-refractivity contribution in [2.75, 3.05) is 19.4 Å². The van der Waals surface area contributed by atoms with Crippen molar-refractivity contribution in [3.05, 3.63) is 59.3 Å². The van der Waals surface area contributed by atoms with Gasteiger partial charge in [0.1, 0.15) is 33.5 Å². The summed E-state index contributed by atoms with van der Waals surface area (Å²) in [5, 5.41) is 25.5. The van der Waals surface area contributed by atoms with Crippen molar-refractivity contribution in [1.82, 2.24) is 10.3 Å². The van der Waals surface area contributed by atoms with E-state index >= 15 is 0 Å². The summed E-state index contributed by atoms with van der Waals surface area (Å²) >= 11 is 0. The Bertz CT molecular complexity index is 2650. The van der Waals surface area contributed by atoms with Gasteiger partial charge in [-0.1, -0.05) is 156 Å². The van der Waals surface area contributed by atoms with Gasteiger partial charge in [0, 0.05) is 31.3 Å². The highest BCUT2D eigenvalue weighted by Crippen LogP contribution is 2.76. The van der Waals surface area contributed by atoms with E-state index in [2.05, 4.69) is 83.6 Å². The molecule has 0 spiro atoms. The SMILES string of the molecule is C=C(C)[C@@H]1CC[C@]2(NCCC3(O)CCC(S(C)(=O)=O)CC3)CC[C@]3(C)[C@H](CC[C@@H]4[C@@]5(C)CC=C(C6=CC[C@@](COc7ncccc7C#N)(C(=O)OC(C)OC(=O)CCCCCCCCCCCCCCCCC)CC6)C(C)(C)[C@@H]5CC[C@]43C)[C@@H]12. The molecular weight excluding hydrogens is 1070 g/mol. The number of nitriles is 1. The van der Waals surface area contributed by atoms with E-state index in [1.54, 1.807) is 25.3 Å². The van der Waals surface area contributed by atoms with Crippen LogP contribution in [0.1, 0.15) is 273 Å². The number of carbonyl (C=O) groups is 2. The third kappa shape index (κ3) is 14.3. The van der Waals surface area contributed by atoms with Crippen molar-refractivity contribution < 1.29 is 37.3 Å². The molecule has 7 aliphatic rings. The van der Waals surface area contributed by atoms with Gasteiger partial charge in [-0.05, 0) is 204 Å². The fourth-order valence-electron chi connectivity index (χ4n) is 19.5. The van der Waals surface area contributed by atoms with E-state index in [4.69, 9.17) is 14.2 Å². The fourth-order valence-corrected chi connectivity index (χ4v) is 20.5.